The second kappa shape index (κ2) is 10.5. The lowest BCUT2D eigenvalue weighted by Crippen LogP contribution is -2.50. The number of carbonyl (C=O) groups is 2. The van der Waals surface area contributed by atoms with Crippen molar-refractivity contribution in [2.24, 2.45) is 0 Å². The second-order valence-electron chi connectivity index (χ2n) is 7.15. The third-order valence-corrected chi connectivity index (χ3v) is 5.28. The normalized spacial score (nSPS) is 13.8. The minimum Gasteiger partial charge on any atom is -0.490 e. The maximum absolute atomic E-state index is 13.2. The Hall–Kier alpha value is -2.80. The Morgan fingerprint density at radius 3 is 2.23 bits per heavy atom. The average Bonchev–Trinajstić information content (AvgIpc) is 2.77. The van der Waals surface area contributed by atoms with Gasteiger partial charge in [-0.05, 0) is 49.7 Å². The summed E-state index contributed by atoms with van der Waals surface area (Å²) in [6, 6.07) is 8.90. The summed E-state index contributed by atoms with van der Waals surface area (Å²) >= 11 is 6.01. The molecule has 0 radical (unpaired) electrons. The van der Waals surface area contributed by atoms with Crippen molar-refractivity contribution in [2.45, 2.75) is 20.3 Å². The van der Waals surface area contributed by atoms with E-state index in [1.54, 1.807) is 28.0 Å². The molecule has 1 aliphatic rings. The highest BCUT2D eigenvalue weighted by molar-refractivity contribution is 6.33. The molecule has 1 saturated heterocycles. The highest BCUT2D eigenvalue weighted by atomic mass is 35.5. The first-order valence-corrected chi connectivity index (χ1v) is 10.8. The molecule has 8 heteroatoms. The van der Waals surface area contributed by atoms with Gasteiger partial charge in [0.05, 0.1) is 23.8 Å². The lowest BCUT2D eigenvalue weighted by Gasteiger charge is -2.35. The summed E-state index contributed by atoms with van der Waals surface area (Å²) in [5.41, 5.74) is 0.764. The van der Waals surface area contributed by atoms with Crippen molar-refractivity contribution < 1.29 is 23.5 Å². The number of hydrogen-bond donors (Lipinski definition) is 0. The molecule has 0 aliphatic carbocycles. The lowest BCUT2D eigenvalue weighted by atomic mass is 10.1. The van der Waals surface area contributed by atoms with E-state index in [4.69, 9.17) is 21.1 Å². The molecule has 0 N–H and O–H groups in total. The number of nitrogens with zero attached hydrogens (tertiary/aromatic N) is 2. The molecule has 1 heterocycles. The van der Waals surface area contributed by atoms with E-state index in [0.29, 0.717) is 56.5 Å². The molecule has 0 unspecified atom stereocenters. The van der Waals surface area contributed by atoms with Crippen molar-refractivity contribution in [1.29, 1.82) is 0 Å². The number of halogens is 2. The smallest absolute Gasteiger partial charge is 0.255 e. The first-order valence-electron chi connectivity index (χ1n) is 10.4. The molecule has 0 atom stereocenters. The zero-order valence-corrected chi connectivity index (χ0v) is 18.5. The zero-order valence-electron chi connectivity index (χ0n) is 17.7. The molecule has 0 aromatic heterocycles. The van der Waals surface area contributed by atoms with Gasteiger partial charge < -0.3 is 19.3 Å². The summed E-state index contributed by atoms with van der Waals surface area (Å²) in [6.07, 6.45) is 0.873. The SMILES string of the molecule is CCCOc1ccc(C(=O)N2CCN(C(=O)c3ccc(F)cc3Cl)CC2)cc1OCC. The summed E-state index contributed by atoms with van der Waals surface area (Å²) in [4.78, 5) is 29.0. The summed E-state index contributed by atoms with van der Waals surface area (Å²) in [5.74, 6) is 0.269. The Morgan fingerprint density at radius 1 is 0.935 bits per heavy atom. The standard InChI is InChI=1S/C23H26ClFN2O4/c1-3-13-31-20-8-5-16(14-21(20)30-4-2)22(28)26-9-11-27(12-10-26)23(29)18-7-6-17(25)15-19(18)24/h5-8,14-15H,3-4,9-13H2,1-2H3. The third-order valence-electron chi connectivity index (χ3n) is 4.97. The molecule has 0 spiro atoms. The predicted molar refractivity (Wildman–Crippen MR) is 117 cm³/mol. The Labute approximate surface area is 186 Å². The Morgan fingerprint density at radius 2 is 1.61 bits per heavy atom. The second-order valence-corrected chi connectivity index (χ2v) is 7.56. The van der Waals surface area contributed by atoms with Crippen LogP contribution in [-0.4, -0.2) is 61.0 Å². The summed E-state index contributed by atoms with van der Waals surface area (Å²) < 4.78 is 24.6. The van der Waals surface area contributed by atoms with E-state index in [0.717, 1.165) is 12.5 Å². The van der Waals surface area contributed by atoms with Gasteiger partial charge in [-0.25, -0.2) is 4.39 Å². The van der Waals surface area contributed by atoms with E-state index in [9.17, 15) is 14.0 Å². The molecular formula is C23H26ClFN2O4. The maximum atomic E-state index is 13.2. The topological polar surface area (TPSA) is 59.1 Å². The first-order chi connectivity index (χ1) is 14.9. The number of amides is 2. The number of piperazine rings is 1. The predicted octanol–water partition coefficient (Wildman–Crippen LogP) is 4.26. The van der Waals surface area contributed by atoms with Crippen LogP contribution < -0.4 is 9.47 Å². The fourth-order valence-corrected chi connectivity index (χ4v) is 3.62. The molecule has 1 fully saturated rings. The molecule has 0 bridgehead atoms. The molecule has 1 aliphatic heterocycles. The van der Waals surface area contributed by atoms with Crippen LogP contribution in [0.2, 0.25) is 5.02 Å². The Bertz CT molecular complexity index is 945. The van der Waals surface area contributed by atoms with Crippen molar-refractivity contribution in [3.05, 3.63) is 58.4 Å². The van der Waals surface area contributed by atoms with Gasteiger partial charge in [-0.1, -0.05) is 18.5 Å². The number of hydrogen-bond acceptors (Lipinski definition) is 4. The van der Waals surface area contributed by atoms with Gasteiger partial charge in [0.15, 0.2) is 11.5 Å². The van der Waals surface area contributed by atoms with Gasteiger partial charge in [0.25, 0.3) is 11.8 Å². The van der Waals surface area contributed by atoms with Crippen LogP contribution in [0.15, 0.2) is 36.4 Å². The third kappa shape index (κ3) is 5.47. The molecule has 2 amide bonds. The van der Waals surface area contributed by atoms with Crippen LogP contribution in [-0.2, 0) is 0 Å². The largest absolute Gasteiger partial charge is 0.490 e. The number of rotatable bonds is 7. The van der Waals surface area contributed by atoms with Crippen LogP contribution >= 0.6 is 11.6 Å². The number of benzene rings is 2. The Balaban J connectivity index is 1.65. The number of ether oxygens (including phenoxy) is 2. The van der Waals surface area contributed by atoms with Crippen molar-refractivity contribution in [1.82, 2.24) is 9.80 Å². The van der Waals surface area contributed by atoms with Gasteiger partial charge in [-0.2, -0.15) is 0 Å². The molecule has 166 valence electrons. The fraction of sp³-hybridized carbons (Fsp3) is 0.391. The number of carbonyl (C=O) groups excluding carboxylic acids is 2. The molecule has 2 aromatic rings. The van der Waals surface area contributed by atoms with Crippen molar-refractivity contribution in [3.63, 3.8) is 0 Å². The van der Waals surface area contributed by atoms with Crippen LogP contribution in [0.1, 0.15) is 41.0 Å². The van der Waals surface area contributed by atoms with Crippen LogP contribution in [0.3, 0.4) is 0 Å². The van der Waals surface area contributed by atoms with Gasteiger partial charge in [-0.3, -0.25) is 9.59 Å². The minimum absolute atomic E-state index is 0.0809. The molecular weight excluding hydrogens is 423 g/mol. The van der Waals surface area contributed by atoms with Crippen molar-refractivity contribution in [2.75, 3.05) is 39.4 Å². The van der Waals surface area contributed by atoms with Gasteiger partial charge in [0, 0.05) is 31.7 Å². The van der Waals surface area contributed by atoms with E-state index >= 15 is 0 Å². The minimum atomic E-state index is -0.491. The zero-order chi connectivity index (χ0) is 22.4. The van der Waals surface area contributed by atoms with E-state index in [-0.39, 0.29) is 22.4 Å². The molecule has 2 aromatic carbocycles. The maximum Gasteiger partial charge on any atom is 0.255 e. The Kier molecular flexibility index (Phi) is 7.74. The summed E-state index contributed by atoms with van der Waals surface area (Å²) in [6.45, 7) is 6.45. The summed E-state index contributed by atoms with van der Waals surface area (Å²) in [7, 11) is 0. The van der Waals surface area contributed by atoms with Crippen molar-refractivity contribution >= 4 is 23.4 Å². The molecule has 6 nitrogen and oxygen atoms in total. The van der Waals surface area contributed by atoms with E-state index < -0.39 is 5.82 Å². The first kappa shape index (κ1) is 22.9. The molecule has 0 saturated carbocycles. The van der Waals surface area contributed by atoms with Crippen LogP contribution in [0.25, 0.3) is 0 Å². The van der Waals surface area contributed by atoms with Crippen LogP contribution in [0, 0.1) is 5.82 Å². The highest BCUT2D eigenvalue weighted by Gasteiger charge is 2.27. The van der Waals surface area contributed by atoms with Gasteiger partial charge in [0.2, 0.25) is 0 Å². The monoisotopic (exact) mass is 448 g/mol. The van der Waals surface area contributed by atoms with E-state index in [2.05, 4.69) is 0 Å². The summed E-state index contributed by atoms with van der Waals surface area (Å²) in [5, 5.41) is 0.0809. The van der Waals surface area contributed by atoms with Crippen molar-refractivity contribution in [3.8, 4) is 11.5 Å². The molecule has 31 heavy (non-hydrogen) atoms. The lowest BCUT2D eigenvalue weighted by molar-refractivity contribution is 0.0535. The van der Waals surface area contributed by atoms with Gasteiger partial charge in [-0.15, -0.1) is 0 Å². The highest BCUT2D eigenvalue weighted by Crippen LogP contribution is 2.29. The van der Waals surface area contributed by atoms with Crippen LogP contribution in [0.4, 0.5) is 4.39 Å². The average molecular weight is 449 g/mol. The van der Waals surface area contributed by atoms with Gasteiger partial charge >= 0.3 is 0 Å². The fourth-order valence-electron chi connectivity index (χ4n) is 3.37. The van der Waals surface area contributed by atoms with Crippen LogP contribution in [0.5, 0.6) is 11.5 Å². The molecule has 3 rings (SSSR count). The van der Waals surface area contributed by atoms with Gasteiger partial charge in [0.1, 0.15) is 5.82 Å². The quantitative estimate of drug-likeness (QED) is 0.635. The van der Waals surface area contributed by atoms with E-state index in [1.165, 1.54) is 12.1 Å². The van der Waals surface area contributed by atoms with E-state index in [1.807, 2.05) is 13.8 Å².